The summed E-state index contributed by atoms with van der Waals surface area (Å²) in [5, 5.41) is -0.672. The molecule has 3 unspecified atom stereocenters. The largest absolute Gasteiger partial charge is 0.418 e. The van der Waals surface area contributed by atoms with Crippen LogP contribution in [0, 0.1) is 5.92 Å². The highest BCUT2D eigenvalue weighted by molar-refractivity contribution is 9.10. The Hall–Kier alpha value is -2.90. The summed E-state index contributed by atoms with van der Waals surface area (Å²) in [6.45, 7) is 1.01. The maximum Gasteiger partial charge on any atom is 0.418 e. The van der Waals surface area contributed by atoms with Crippen molar-refractivity contribution in [2.75, 3.05) is 18.0 Å². The van der Waals surface area contributed by atoms with Gasteiger partial charge < -0.3 is 4.90 Å². The Morgan fingerprint density at radius 3 is 2.41 bits per heavy atom. The summed E-state index contributed by atoms with van der Waals surface area (Å²) in [7, 11) is 0. The number of carbonyl (C=O) groups is 3. The molecule has 0 radical (unpaired) electrons. The first kappa shape index (κ1) is 28.2. The molecule has 2 fully saturated rings. The molecule has 7 nitrogen and oxygen atoms in total. The smallest absolute Gasteiger partial charge is 0.341 e. The van der Waals surface area contributed by atoms with E-state index in [1.165, 1.54) is 16.7 Å². The molecule has 2 aromatic carbocycles. The molecule has 2 saturated heterocycles. The van der Waals surface area contributed by atoms with Crippen LogP contribution >= 0.6 is 39.0 Å². The highest BCUT2D eigenvalue weighted by Crippen LogP contribution is 2.54. The second kappa shape index (κ2) is 10.7. The fraction of sp³-hybridized carbons (Fsp3) is 0.357. The minimum atomic E-state index is -4.78. The summed E-state index contributed by atoms with van der Waals surface area (Å²) >= 11 is 5.34. The second-order valence-electron chi connectivity index (χ2n) is 10.2. The number of para-hydroxylation sites is 1. The van der Waals surface area contributed by atoms with Gasteiger partial charge in [-0.15, -0.1) is 0 Å². The van der Waals surface area contributed by atoms with Crippen molar-refractivity contribution in [3.05, 3.63) is 78.7 Å². The van der Waals surface area contributed by atoms with E-state index in [9.17, 15) is 32.3 Å². The Balaban J connectivity index is 1.46. The zero-order chi connectivity index (χ0) is 29.1. The van der Waals surface area contributed by atoms with Crippen molar-refractivity contribution in [3.8, 4) is 0 Å². The van der Waals surface area contributed by atoms with Gasteiger partial charge in [0.15, 0.2) is 0 Å². The topological polar surface area (TPSA) is 79.7 Å². The summed E-state index contributed by atoms with van der Waals surface area (Å²) in [5.41, 5.74) is -0.957. The normalized spacial score (nSPS) is 22.6. The predicted molar refractivity (Wildman–Crippen MR) is 152 cm³/mol. The van der Waals surface area contributed by atoms with Gasteiger partial charge in [-0.25, -0.2) is 4.90 Å². The molecule has 6 rings (SSSR count). The number of imide groups is 1. The van der Waals surface area contributed by atoms with E-state index in [2.05, 4.69) is 15.9 Å². The van der Waals surface area contributed by atoms with Gasteiger partial charge in [0, 0.05) is 28.4 Å². The van der Waals surface area contributed by atoms with Crippen LogP contribution in [-0.4, -0.2) is 45.5 Å². The molecule has 3 aromatic rings. The number of thioether (sulfide) groups is 1. The molecule has 214 valence electrons. The van der Waals surface area contributed by atoms with Gasteiger partial charge >= 0.3 is 11.0 Å². The Kier molecular flexibility index (Phi) is 7.39. The molecule has 3 aliphatic heterocycles. The highest BCUT2D eigenvalue weighted by Gasteiger charge is 2.57. The number of carbonyl (C=O) groups excluding carboxylic acids is 3. The van der Waals surface area contributed by atoms with Crippen molar-refractivity contribution in [2.45, 2.75) is 48.2 Å². The van der Waals surface area contributed by atoms with Gasteiger partial charge in [-0.3, -0.25) is 23.7 Å². The number of hydrogen-bond donors (Lipinski definition) is 0. The molecule has 0 saturated carbocycles. The maximum absolute atomic E-state index is 14.0. The molecule has 1 aromatic heterocycles. The van der Waals surface area contributed by atoms with Gasteiger partial charge in [0.05, 0.1) is 22.2 Å². The minimum Gasteiger partial charge on any atom is -0.341 e. The molecule has 0 aliphatic carbocycles. The number of benzene rings is 2. The minimum absolute atomic E-state index is 0.205. The Morgan fingerprint density at radius 2 is 1.71 bits per heavy atom. The number of halogens is 4. The molecule has 13 heteroatoms. The van der Waals surface area contributed by atoms with Crippen LogP contribution in [0.3, 0.4) is 0 Å². The number of hydrogen-bond acceptors (Lipinski definition) is 6. The van der Waals surface area contributed by atoms with E-state index >= 15 is 0 Å². The molecule has 0 spiro atoms. The van der Waals surface area contributed by atoms with Crippen LogP contribution in [0.5, 0.6) is 0 Å². The van der Waals surface area contributed by atoms with Crippen molar-refractivity contribution in [1.82, 2.24) is 9.47 Å². The second-order valence-corrected chi connectivity index (χ2v) is 13.2. The molecule has 4 heterocycles. The van der Waals surface area contributed by atoms with E-state index in [0.29, 0.717) is 37.9 Å². The van der Waals surface area contributed by atoms with E-state index in [-0.39, 0.29) is 17.3 Å². The number of amides is 3. The Morgan fingerprint density at radius 1 is 0.976 bits per heavy atom. The average molecular weight is 667 g/mol. The van der Waals surface area contributed by atoms with E-state index in [1.807, 2.05) is 0 Å². The van der Waals surface area contributed by atoms with Crippen molar-refractivity contribution in [2.24, 2.45) is 5.92 Å². The zero-order valence-corrected chi connectivity index (χ0v) is 24.6. The van der Waals surface area contributed by atoms with Gasteiger partial charge in [0.2, 0.25) is 17.7 Å². The van der Waals surface area contributed by atoms with Gasteiger partial charge in [0.25, 0.3) is 0 Å². The summed E-state index contributed by atoms with van der Waals surface area (Å²) in [5.74, 6) is -3.54. The lowest BCUT2D eigenvalue weighted by atomic mass is 9.83. The number of likely N-dealkylation sites (tertiary alicyclic amines) is 1. The number of fused-ring (bicyclic) bond motifs is 2. The SMILES string of the molecule is O=C(Cn1c2c(sc1=O)C(c1cccc(Br)c1)C1C(=O)N(c3ccccc3C(F)(F)F)C(=O)C1S2)N1CCCCC1. The lowest BCUT2D eigenvalue weighted by molar-refractivity contribution is -0.137. The van der Waals surface area contributed by atoms with Crippen LogP contribution in [-0.2, 0) is 27.1 Å². The molecule has 0 bridgehead atoms. The third kappa shape index (κ3) is 4.95. The number of thiazole rings is 1. The van der Waals surface area contributed by atoms with Gasteiger partial charge in [-0.2, -0.15) is 13.2 Å². The monoisotopic (exact) mass is 665 g/mol. The van der Waals surface area contributed by atoms with E-state index in [1.54, 1.807) is 29.2 Å². The summed E-state index contributed by atoms with van der Waals surface area (Å²) in [6.07, 6.45) is -1.97. The van der Waals surface area contributed by atoms with Gasteiger partial charge in [-0.1, -0.05) is 63.3 Å². The standard InChI is InChI=1S/C28H23BrF3N3O4S2/c29-16-8-6-7-15(13-16)20-21-22(25(38)35(24(21)37)18-10-3-2-9-17(18)28(30,31)32)40-26-23(20)41-27(39)34(26)14-19(36)33-11-4-1-5-12-33/h2-3,6-10,13,20-22H,1,4-5,11-12,14H2. The quantitative estimate of drug-likeness (QED) is 0.344. The van der Waals surface area contributed by atoms with Crippen LogP contribution in [0.2, 0.25) is 0 Å². The van der Waals surface area contributed by atoms with Crippen LogP contribution in [0.4, 0.5) is 18.9 Å². The Bertz CT molecular complexity index is 1620. The molecule has 41 heavy (non-hydrogen) atoms. The van der Waals surface area contributed by atoms with Crippen molar-refractivity contribution >= 4 is 62.4 Å². The summed E-state index contributed by atoms with van der Waals surface area (Å²) in [6, 6.07) is 11.6. The number of aromatic nitrogens is 1. The van der Waals surface area contributed by atoms with E-state index < -0.39 is 46.3 Å². The lowest BCUT2D eigenvalue weighted by Crippen LogP contribution is -2.39. The van der Waals surface area contributed by atoms with E-state index in [0.717, 1.165) is 54.5 Å². The summed E-state index contributed by atoms with van der Waals surface area (Å²) in [4.78, 5) is 56.7. The molecule has 3 amide bonds. The van der Waals surface area contributed by atoms with Crippen LogP contribution < -0.4 is 9.77 Å². The number of anilines is 1. The van der Waals surface area contributed by atoms with Crippen molar-refractivity contribution in [3.63, 3.8) is 0 Å². The summed E-state index contributed by atoms with van der Waals surface area (Å²) < 4.78 is 43.8. The molecule has 3 atom stereocenters. The van der Waals surface area contributed by atoms with Crippen LogP contribution in [0.15, 0.2) is 62.8 Å². The molecule has 3 aliphatic rings. The lowest BCUT2D eigenvalue weighted by Gasteiger charge is -2.31. The number of piperidine rings is 1. The molecular formula is C28H23BrF3N3O4S2. The Labute approximate surface area is 249 Å². The highest BCUT2D eigenvalue weighted by atomic mass is 79.9. The fourth-order valence-electron chi connectivity index (χ4n) is 5.84. The average Bonchev–Trinajstić information content (AvgIpc) is 3.39. The number of alkyl halides is 3. The first-order valence-corrected chi connectivity index (χ1v) is 15.5. The number of nitrogens with zero attached hydrogens (tertiary/aromatic N) is 3. The first-order chi connectivity index (χ1) is 19.6. The van der Waals surface area contributed by atoms with Crippen LogP contribution in [0.25, 0.3) is 0 Å². The van der Waals surface area contributed by atoms with Crippen LogP contribution in [0.1, 0.15) is 41.2 Å². The zero-order valence-electron chi connectivity index (χ0n) is 21.4. The fourth-order valence-corrected chi connectivity index (χ4v) is 9.03. The van der Waals surface area contributed by atoms with Gasteiger partial charge in [0.1, 0.15) is 11.8 Å². The van der Waals surface area contributed by atoms with E-state index in [4.69, 9.17) is 0 Å². The predicted octanol–water partition coefficient (Wildman–Crippen LogP) is 5.50. The molecule has 0 N–H and O–H groups in total. The van der Waals surface area contributed by atoms with Crippen molar-refractivity contribution in [1.29, 1.82) is 0 Å². The maximum atomic E-state index is 14.0. The first-order valence-electron chi connectivity index (χ1n) is 13.0. The third-order valence-corrected chi connectivity index (χ3v) is 10.8. The van der Waals surface area contributed by atoms with Crippen molar-refractivity contribution < 1.29 is 27.6 Å². The third-order valence-electron chi connectivity index (χ3n) is 7.71. The number of rotatable bonds is 4. The van der Waals surface area contributed by atoms with Gasteiger partial charge in [-0.05, 0) is 49.1 Å². The molecular weight excluding hydrogens is 643 g/mol.